The van der Waals surface area contributed by atoms with Gasteiger partial charge in [-0.25, -0.2) is 4.98 Å². The van der Waals surface area contributed by atoms with Crippen LogP contribution in [0.25, 0.3) is 0 Å². The van der Waals surface area contributed by atoms with Crippen LogP contribution in [0.4, 0.5) is 11.8 Å². The quantitative estimate of drug-likeness (QED) is 0.584. The molecular formula is C17H27N5O3. The molecule has 0 aliphatic heterocycles. The van der Waals surface area contributed by atoms with Crippen LogP contribution in [0.3, 0.4) is 0 Å². The first-order chi connectivity index (χ1) is 12.1. The Morgan fingerprint density at radius 3 is 2.88 bits per heavy atom. The number of aromatic nitrogens is 2. The summed E-state index contributed by atoms with van der Waals surface area (Å²) in [5.41, 5.74) is 5.67. The van der Waals surface area contributed by atoms with Crippen LogP contribution in [0.15, 0.2) is 6.20 Å². The van der Waals surface area contributed by atoms with E-state index < -0.39 is 12.0 Å². The highest BCUT2D eigenvalue weighted by Gasteiger charge is 2.28. The molecule has 0 spiro atoms. The third kappa shape index (κ3) is 4.38. The van der Waals surface area contributed by atoms with Crippen molar-refractivity contribution in [2.75, 3.05) is 17.2 Å². The number of aliphatic hydroxyl groups is 1. The fourth-order valence-corrected chi connectivity index (χ4v) is 3.67. The SMILES string of the molecule is CCO[C@H]1CC[C@H](Nc2ncc(C(N)=O)c(N[C@H]3CCC[C@@H]3O)n2)C1. The van der Waals surface area contributed by atoms with Gasteiger partial charge in [0.1, 0.15) is 5.82 Å². The van der Waals surface area contributed by atoms with Gasteiger partial charge in [0, 0.05) is 18.8 Å². The van der Waals surface area contributed by atoms with Crippen LogP contribution < -0.4 is 16.4 Å². The second kappa shape index (κ2) is 7.97. The van der Waals surface area contributed by atoms with Gasteiger partial charge < -0.3 is 26.2 Å². The standard InChI is InChI=1S/C17H27N5O3/c1-2-25-11-7-6-10(8-11)20-17-19-9-12(15(18)24)16(22-17)21-13-4-3-5-14(13)23/h9-11,13-14,23H,2-8H2,1H3,(H2,18,24)(H2,19,20,21,22)/t10-,11-,13-,14-/m0/s1. The average molecular weight is 349 g/mol. The fourth-order valence-electron chi connectivity index (χ4n) is 3.67. The zero-order valence-electron chi connectivity index (χ0n) is 14.6. The van der Waals surface area contributed by atoms with Crippen LogP contribution in [0, 0.1) is 0 Å². The Labute approximate surface area is 147 Å². The van der Waals surface area contributed by atoms with Gasteiger partial charge in [0.05, 0.1) is 23.8 Å². The Bertz CT molecular complexity index is 612. The van der Waals surface area contributed by atoms with Gasteiger partial charge in [0.25, 0.3) is 5.91 Å². The molecule has 2 saturated carbocycles. The summed E-state index contributed by atoms with van der Waals surface area (Å²) in [4.78, 5) is 20.3. The van der Waals surface area contributed by atoms with Gasteiger partial charge in [-0.2, -0.15) is 4.98 Å². The number of primary amides is 1. The minimum atomic E-state index is -0.584. The van der Waals surface area contributed by atoms with Crippen molar-refractivity contribution >= 4 is 17.7 Å². The Morgan fingerprint density at radius 1 is 1.36 bits per heavy atom. The van der Waals surface area contributed by atoms with E-state index >= 15 is 0 Å². The number of nitrogens with zero attached hydrogens (tertiary/aromatic N) is 2. The highest BCUT2D eigenvalue weighted by atomic mass is 16.5. The van der Waals surface area contributed by atoms with Crippen LogP contribution in [-0.2, 0) is 4.74 Å². The maximum absolute atomic E-state index is 11.7. The summed E-state index contributed by atoms with van der Waals surface area (Å²) < 4.78 is 5.66. The van der Waals surface area contributed by atoms with Gasteiger partial charge in [-0.15, -0.1) is 0 Å². The second-order valence-electron chi connectivity index (χ2n) is 6.80. The summed E-state index contributed by atoms with van der Waals surface area (Å²) >= 11 is 0. The molecule has 2 fully saturated rings. The van der Waals surface area contributed by atoms with Crippen molar-refractivity contribution in [2.24, 2.45) is 5.73 Å². The van der Waals surface area contributed by atoms with Crippen molar-refractivity contribution in [3.05, 3.63) is 11.8 Å². The number of amides is 1. The molecule has 1 aromatic heterocycles. The van der Waals surface area contributed by atoms with Crippen molar-refractivity contribution in [3.63, 3.8) is 0 Å². The van der Waals surface area contributed by atoms with Crippen molar-refractivity contribution in [3.8, 4) is 0 Å². The topological polar surface area (TPSA) is 122 Å². The van der Waals surface area contributed by atoms with Crippen LogP contribution in [0.5, 0.6) is 0 Å². The molecular weight excluding hydrogens is 322 g/mol. The van der Waals surface area contributed by atoms with E-state index in [1.54, 1.807) is 0 Å². The minimum Gasteiger partial charge on any atom is -0.391 e. The van der Waals surface area contributed by atoms with Crippen LogP contribution in [-0.4, -0.2) is 51.9 Å². The monoisotopic (exact) mass is 349 g/mol. The molecule has 3 rings (SSSR count). The first-order valence-corrected chi connectivity index (χ1v) is 9.06. The summed E-state index contributed by atoms with van der Waals surface area (Å²) in [7, 11) is 0. The molecule has 1 amide bonds. The maximum atomic E-state index is 11.7. The third-order valence-electron chi connectivity index (χ3n) is 4.98. The summed E-state index contributed by atoms with van der Waals surface area (Å²) in [5, 5.41) is 16.5. The molecule has 2 aliphatic carbocycles. The Morgan fingerprint density at radius 2 is 2.20 bits per heavy atom. The molecule has 0 unspecified atom stereocenters. The lowest BCUT2D eigenvalue weighted by Gasteiger charge is -2.20. The number of carbonyl (C=O) groups excluding carboxylic acids is 1. The molecule has 5 N–H and O–H groups in total. The largest absolute Gasteiger partial charge is 0.391 e. The molecule has 0 aromatic carbocycles. The summed E-state index contributed by atoms with van der Waals surface area (Å²) in [6, 6.07) is 0.135. The summed E-state index contributed by atoms with van der Waals surface area (Å²) in [5.74, 6) is 0.260. The first-order valence-electron chi connectivity index (χ1n) is 9.06. The number of ether oxygens (including phenoxy) is 1. The van der Waals surface area contributed by atoms with Crippen LogP contribution in [0.2, 0.25) is 0 Å². The van der Waals surface area contributed by atoms with Crippen molar-refractivity contribution in [1.82, 2.24) is 9.97 Å². The lowest BCUT2D eigenvalue weighted by molar-refractivity contribution is 0.0679. The van der Waals surface area contributed by atoms with Gasteiger partial charge >= 0.3 is 0 Å². The predicted octanol–water partition coefficient (Wildman–Crippen LogP) is 1.27. The van der Waals surface area contributed by atoms with E-state index in [1.165, 1.54) is 6.20 Å². The van der Waals surface area contributed by atoms with Gasteiger partial charge in [0.15, 0.2) is 0 Å². The normalized spacial score (nSPS) is 28.9. The molecule has 1 heterocycles. The zero-order valence-corrected chi connectivity index (χ0v) is 14.6. The van der Waals surface area contributed by atoms with Crippen molar-refractivity contribution in [2.45, 2.75) is 69.7 Å². The molecule has 138 valence electrons. The first kappa shape index (κ1) is 17.9. The van der Waals surface area contributed by atoms with E-state index in [4.69, 9.17) is 10.5 Å². The number of carbonyl (C=O) groups is 1. The van der Waals surface area contributed by atoms with E-state index in [1.807, 2.05) is 6.92 Å². The molecule has 0 saturated heterocycles. The highest BCUT2D eigenvalue weighted by molar-refractivity contribution is 5.97. The van der Waals surface area contributed by atoms with Crippen LogP contribution >= 0.6 is 0 Å². The molecule has 4 atom stereocenters. The van der Waals surface area contributed by atoms with Gasteiger partial charge in [-0.05, 0) is 45.4 Å². The number of rotatable bonds is 7. The van der Waals surface area contributed by atoms with E-state index in [2.05, 4.69) is 20.6 Å². The second-order valence-corrected chi connectivity index (χ2v) is 6.80. The van der Waals surface area contributed by atoms with Gasteiger partial charge in [0.2, 0.25) is 5.95 Å². The number of aliphatic hydroxyl groups excluding tert-OH is 1. The number of nitrogens with two attached hydrogens (primary N) is 1. The number of hydrogen-bond acceptors (Lipinski definition) is 7. The lowest BCUT2D eigenvalue weighted by Crippen LogP contribution is -2.30. The van der Waals surface area contributed by atoms with E-state index in [9.17, 15) is 9.90 Å². The van der Waals surface area contributed by atoms with Gasteiger partial charge in [-0.3, -0.25) is 4.79 Å². The van der Waals surface area contributed by atoms with E-state index in [0.717, 1.165) is 45.1 Å². The van der Waals surface area contributed by atoms with Crippen molar-refractivity contribution < 1.29 is 14.6 Å². The zero-order chi connectivity index (χ0) is 17.8. The Balaban J connectivity index is 1.70. The van der Waals surface area contributed by atoms with Crippen LogP contribution in [0.1, 0.15) is 55.8 Å². The molecule has 25 heavy (non-hydrogen) atoms. The molecule has 2 aliphatic rings. The number of hydrogen-bond donors (Lipinski definition) is 4. The Hall–Kier alpha value is -1.93. The van der Waals surface area contributed by atoms with E-state index in [0.29, 0.717) is 11.8 Å². The number of nitrogens with one attached hydrogen (secondary N) is 2. The smallest absolute Gasteiger partial charge is 0.254 e. The minimum absolute atomic E-state index is 0.116. The molecule has 1 aromatic rings. The molecule has 0 bridgehead atoms. The molecule has 0 radical (unpaired) electrons. The summed E-state index contributed by atoms with van der Waals surface area (Å²) in [6.45, 7) is 2.72. The van der Waals surface area contributed by atoms with E-state index in [-0.39, 0.29) is 23.8 Å². The molecule has 8 heteroatoms. The highest BCUT2D eigenvalue weighted by Crippen LogP contribution is 2.27. The third-order valence-corrected chi connectivity index (χ3v) is 4.98. The number of anilines is 2. The van der Waals surface area contributed by atoms with Gasteiger partial charge in [-0.1, -0.05) is 0 Å². The predicted molar refractivity (Wildman–Crippen MR) is 94.5 cm³/mol. The summed E-state index contributed by atoms with van der Waals surface area (Å²) in [6.07, 6.45) is 6.75. The average Bonchev–Trinajstić information content (AvgIpc) is 3.17. The van der Waals surface area contributed by atoms with Crippen molar-refractivity contribution in [1.29, 1.82) is 0 Å². The molecule has 8 nitrogen and oxygen atoms in total. The Kier molecular flexibility index (Phi) is 5.70. The lowest BCUT2D eigenvalue weighted by atomic mass is 10.2. The fraction of sp³-hybridized carbons (Fsp3) is 0.706. The maximum Gasteiger partial charge on any atom is 0.254 e.